The number of thiophene rings is 1. The van der Waals surface area contributed by atoms with E-state index in [2.05, 4.69) is 51.4 Å². The van der Waals surface area contributed by atoms with Crippen LogP contribution in [0.3, 0.4) is 0 Å². The summed E-state index contributed by atoms with van der Waals surface area (Å²) in [6.45, 7) is 6.45. The molecule has 0 N–H and O–H groups in total. The van der Waals surface area contributed by atoms with Crippen molar-refractivity contribution in [2.24, 2.45) is 0 Å². The van der Waals surface area contributed by atoms with Gasteiger partial charge in [-0.25, -0.2) is 4.98 Å². The zero-order valence-corrected chi connectivity index (χ0v) is 16.2. The number of hydrogen-bond donors (Lipinski definition) is 0. The number of anilines is 1. The summed E-state index contributed by atoms with van der Waals surface area (Å²) in [6.07, 6.45) is 2.96. The molecule has 136 valence electrons. The molecule has 1 aromatic carbocycles. The molecule has 1 saturated heterocycles. The number of fused-ring (bicyclic) bond motifs is 1. The Kier molecular flexibility index (Phi) is 5.09. The predicted octanol–water partition coefficient (Wildman–Crippen LogP) is 4.06. The Morgan fingerprint density at radius 3 is 2.92 bits per heavy atom. The lowest BCUT2D eigenvalue weighted by atomic mass is 10.1. The molecule has 0 radical (unpaired) electrons. The molecule has 0 aliphatic carbocycles. The SMILES string of the molecule is COc1cccnc1N1CCN(CCc2csc3ccccc23)C(C)C1. The molecule has 3 heterocycles. The summed E-state index contributed by atoms with van der Waals surface area (Å²) in [6, 6.07) is 13.1. The quantitative estimate of drug-likeness (QED) is 0.680. The van der Waals surface area contributed by atoms with Crippen molar-refractivity contribution in [1.82, 2.24) is 9.88 Å². The zero-order valence-electron chi connectivity index (χ0n) is 15.4. The van der Waals surface area contributed by atoms with Gasteiger partial charge in [0.2, 0.25) is 0 Å². The molecule has 5 heteroatoms. The minimum Gasteiger partial charge on any atom is -0.493 e. The maximum Gasteiger partial charge on any atom is 0.171 e. The standard InChI is InChI=1S/C21H25N3OS/c1-16-14-24(21-19(25-2)7-5-10-22-21)13-12-23(16)11-9-17-15-26-20-8-4-3-6-18(17)20/h3-8,10,15-16H,9,11-14H2,1-2H3. The van der Waals surface area contributed by atoms with Crippen LogP contribution in [0.5, 0.6) is 5.75 Å². The van der Waals surface area contributed by atoms with Crippen molar-refractivity contribution in [3.63, 3.8) is 0 Å². The van der Waals surface area contributed by atoms with Gasteiger partial charge in [0.05, 0.1) is 7.11 Å². The fraction of sp³-hybridized carbons (Fsp3) is 0.381. The lowest BCUT2D eigenvalue weighted by Gasteiger charge is -2.40. The van der Waals surface area contributed by atoms with E-state index in [4.69, 9.17) is 4.74 Å². The minimum absolute atomic E-state index is 0.500. The van der Waals surface area contributed by atoms with Crippen LogP contribution in [0.4, 0.5) is 5.82 Å². The number of ether oxygens (including phenoxy) is 1. The number of methoxy groups -OCH3 is 1. The highest BCUT2D eigenvalue weighted by Crippen LogP contribution is 2.28. The second-order valence-electron chi connectivity index (χ2n) is 6.87. The Bertz CT molecular complexity index is 878. The number of hydrogen-bond acceptors (Lipinski definition) is 5. The van der Waals surface area contributed by atoms with Gasteiger partial charge in [-0.15, -0.1) is 11.3 Å². The van der Waals surface area contributed by atoms with Crippen LogP contribution in [0.1, 0.15) is 12.5 Å². The minimum atomic E-state index is 0.500. The smallest absolute Gasteiger partial charge is 0.171 e. The first-order chi connectivity index (χ1) is 12.8. The molecule has 0 spiro atoms. The Hall–Kier alpha value is -2.11. The Balaban J connectivity index is 1.40. The molecule has 0 saturated carbocycles. The molecule has 0 bridgehead atoms. The number of benzene rings is 1. The van der Waals surface area contributed by atoms with E-state index in [1.54, 1.807) is 7.11 Å². The Morgan fingerprint density at radius 1 is 1.19 bits per heavy atom. The predicted molar refractivity (Wildman–Crippen MR) is 110 cm³/mol. The van der Waals surface area contributed by atoms with Gasteiger partial charge in [-0.05, 0) is 47.9 Å². The molecule has 0 amide bonds. The van der Waals surface area contributed by atoms with E-state index in [0.717, 1.165) is 44.2 Å². The summed E-state index contributed by atoms with van der Waals surface area (Å²) in [5, 5.41) is 3.74. The van der Waals surface area contributed by atoms with Gasteiger partial charge in [-0.3, -0.25) is 4.90 Å². The topological polar surface area (TPSA) is 28.6 Å². The summed E-state index contributed by atoms with van der Waals surface area (Å²) < 4.78 is 6.87. The zero-order chi connectivity index (χ0) is 17.9. The van der Waals surface area contributed by atoms with E-state index in [1.165, 1.54) is 15.6 Å². The van der Waals surface area contributed by atoms with E-state index < -0.39 is 0 Å². The number of aromatic nitrogens is 1. The van der Waals surface area contributed by atoms with Crippen LogP contribution in [0.2, 0.25) is 0 Å². The van der Waals surface area contributed by atoms with Gasteiger partial charge in [0.25, 0.3) is 0 Å². The van der Waals surface area contributed by atoms with Gasteiger partial charge in [0.15, 0.2) is 11.6 Å². The van der Waals surface area contributed by atoms with Crippen LogP contribution in [0, 0.1) is 0 Å². The molecule has 26 heavy (non-hydrogen) atoms. The largest absolute Gasteiger partial charge is 0.493 e. The number of pyridine rings is 1. The van der Waals surface area contributed by atoms with Crippen LogP contribution in [0.25, 0.3) is 10.1 Å². The highest BCUT2D eigenvalue weighted by molar-refractivity contribution is 7.17. The van der Waals surface area contributed by atoms with Crippen molar-refractivity contribution >= 4 is 27.2 Å². The molecular weight excluding hydrogens is 342 g/mol. The van der Waals surface area contributed by atoms with Crippen LogP contribution in [-0.4, -0.2) is 49.2 Å². The molecule has 1 aliphatic heterocycles. The van der Waals surface area contributed by atoms with Crippen molar-refractivity contribution in [2.45, 2.75) is 19.4 Å². The third kappa shape index (κ3) is 3.41. The summed E-state index contributed by atoms with van der Waals surface area (Å²) in [7, 11) is 1.71. The average Bonchev–Trinajstić information content (AvgIpc) is 3.10. The van der Waals surface area contributed by atoms with Crippen LogP contribution in [-0.2, 0) is 6.42 Å². The van der Waals surface area contributed by atoms with E-state index in [1.807, 2.05) is 29.7 Å². The van der Waals surface area contributed by atoms with E-state index in [0.29, 0.717) is 6.04 Å². The molecule has 1 atom stereocenters. The van der Waals surface area contributed by atoms with Crippen LogP contribution in [0.15, 0.2) is 48.0 Å². The molecule has 1 aliphatic rings. The second kappa shape index (κ2) is 7.64. The van der Waals surface area contributed by atoms with Gasteiger partial charge < -0.3 is 9.64 Å². The van der Waals surface area contributed by atoms with Crippen molar-refractivity contribution < 1.29 is 4.74 Å². The van der Waals surface area contributed by atoms with E-state index in [-0.39, 0.29) is 0 Å². The maximum absolute atomic E-state index is 5.48. The lowest BCUT2D eigenvalue weighted by molar-refractivity contribution is 0.191. The first-order valence-electron chi connectivity index (χ1n) is 9.19. The monoisotopic (exact) mass is 367 g/mol. The lowest BCUT2D eigenvalue weighted by Crippen LogP contribution is -2.52. The first kappa shape index (κ1) is 17.3. The molecule has 1 fully saturated rings. The van der Waals surface area contributed by atoms with Gasteiger partial charge in [0.1, 0.15) is 0 Å². The fourth-order valence-electron chi connectivity index (χ4n) is 3.79. The molecular formula is C21H25N3OS. The summed E-state index contributed by atoms with van der Waals surface area (Å²) in [4.78, 5) is 9.48. The van der Waals surface area contributed by atoms with Crippen molar-refractivity contribution in [2.75, 3.05) is 38.2 Å². The highest BCUT2D eigenvalue weighted by Gasteiger charge is 2.26. The van der Waals surface area contributed by atoms with Crippen molar-refractivity contribution in [1.29, 1.82) is 0 Å². The molecule has 3 aromatic rings. The van der Waals surface area contributed by atoms with Gasteiger partial charge >= 0.3 is 0 Å². The van der Waals surface area contributed by atoms with Gasteiger partial charge in [-0.1, -0.05) is 18.2 Å². The fourth-order valence-corrected chi connectivity index (χ4v) is 4.79. The second-order valence-corrected chi connectivity index (χ2v) is 7.78. The van der Waals surface area contributed by atoms with E-state index in [9.17, 15) is 0 Å². The Labute approximate surface area is 159 Å². The summed E-state index contributed by atoms with van der Waals surface area (Å²) >= 11 is 1.85. The number of piperazine rings is 1. The van der Waals surface area contributed by atoms with E-state index >= 15 is 0 Å². The third-order valence-electron chi connectivity index (χ3n) is 5.26. The molecule has 4 nitrogen and oxygen atoms in total. The van der Waals surface area contributed by atoms with Gasteiger partial charge in [0, 0.05) is 43.1 Å². The molecule has 1 unspecified atom stereocenters. The Morgan fingerprint density at radius 2 is 2.08 bits per heavy atom. The van der Waals surface area contributed by atoms with Crippen molar-refractivity contribution in [3.05, 3.63) is 53.5 Å². The van der Waals surface area contributed by atoms with Crippen LogP contribution >= 0.6 is 11.3 Å². The summed E-state index contributed by atoms with van der Waals surface area (Å²) in [5.74, 6) is 1.82. The number of rotatable bonds is 5. The third-order valence-corrected chi connectivity index (χ3v) is 6.28. The maximum atomic E-state index is 5.48. The normalized spacial score (nSPS) is 18.4. The average molecular weight is 368 g/mol. The molecule has 2 aromatic heterocycles. The first-order valence-corrected chi connectivity index (χ1v) is 10.1. The molecule has 4 rings (SSSR count). The number of nitrogens with zero attached hydrogens (tertiary/aromatic N) is 3. The van der Waals surface area contributed by atoms with Gasteiger partial charge in [-0.2, -0.15) is 0 Å². The highest BCUT2D eigenvalue weighted by atomic mass is 32.1. The van der Waals surface area contributed by atoms with Crippen LogP contribution < -0.4 is 9.64 Å². The summed E-state index contributed by atoms with van der Waals surface area (Å²) in [5.41, 5.74) is 1.48. The van der Waals surface area contributed by atoms with Crippen molar-refractivity contribution in [3.8, 4) is 5.75 Å².